The number of para-hydroxylation sites is 2. The minimum Gasteiger partial charge on any atom is -0.249 e. The summed E-state index contributed by atoms with van der Waals surface area (Å²) < 4.78 is 23.0. The van der Waals surface area contributed by atoms with Gasteiger partial charge in [0.2, 0.25) is 0 Å². The molecule has 4 nitrogen and oxygen atoms in total. The SMILES string of the molecule is Cc1nc2ccccc2nc1SC1CCS(=O)(=O)C1. The Hall–Kier alpha value is -1.14. The summed E-state index contributed by atoms with van der Waals surface area (Å²) in [5.41, 5.74) is 2.60. The summed E-state index contributed by atoms with van der Waals surface area (Å²) in [6.45, 7) is 1.92. The van der Waals surface area contributed by atoms with E-state index in [9.17, 15) is 8.42 Å². The van der Waals surface area contributed by atoms with E-state index in [-0.39, 0.29) is 11.0 Å². The maximum Gasteiger partial charge on any atom is 0.151 e. The summed E-state index contributed by atoms with van der Waals surface area (Å²) in [4.78, 5) is 9.11. The van der Waals surface area contributed by atoms with Crippen molar-refractivity contribution in [1.29, 1.82) is 0 Å². The van der Waals surface area contributed by atoms with Crippen molar-refractivity contribution in [2.45, 2.75) is 23.6 Å². The predicted octanol–water partition coefficient (Wildman–Crippen LogP) is 2.22. The highest BCUT2D eigenvalue weighted by molar-refractivity contribution is 8.01. The molecule has 1 aromatic heterocycles. The van der Waals surface area contributed by atoms with Crippen molar-refractivity contribution in [1.82, 2.24) is 9.97 Å². The van der Waals surface area contributed by atoms with Crippen LogP contribution in [-0.2, 0) is 9.84 Å². The van der Waals surface area contributed by atoms with Gasteiger partial charge in [-0.3, -0.25) is 0 Å². The number of benzene rings is 1. The van der Waals surface area contributed by atoms with Gasteiger partial charge in [-0.1, -0.05) is 12.1 Å². The van der Waals surface area contributed by atoms with E-state index in [0.717, 1.165) is 21.8 Å². The minimum atomic E-state index is -2.84. The van der Waals surface area contributed by atoms with Crippen molar-refractivity contribution in [3.63, 3.8) is 0 Å². The van der Waals surface area contributed by atoms with Crippen LogP contribution in [0.1, 0.15) is 12.1 Å². The number of hydrogen-bond acceptors (Lipinski definition) is 5. The lowest BCUT2D eigenvalue weighted by Crippen LogP contribution is -2.07. The zero-order chi connectivity index (χ0) is 13.5. The number of thioether (sulfide) groups is 1. The molecule has 0 N–H and O–H groups in total. The predicted molar refractivity (Wildman–Crippen MR) is 77.2 cm³/mol. The van der Waals surface area contributed by atoms with Gasteiger partial charge in [0.25, 0.3) is 0 Å². The monoisotopic (exact) mass is 294 g/mol. The quantitative estimate of drug-likeness (QED) is 0.850. The second kappa shape index (κ2) is 4.76. The van der Waals surface area contributed by atoms with Crippen LogP contribution in [0.25, 0.3) is 11.0 Å². The van der Waals surface area contributed by atoms with Crippen molar-refractivity contribution in [3.05, 3.63) is 30.0 Å². The smallest absolute Gasteiger partial charge is 0.151 e. The van der Waals surface area contributed by atoms with E-state index >= 15 is 0 Å². The van der Waals surface area contributed by atoms with E-state index in [4.69, 9.17) is 0 Å². The second-order valence-electron chi connectivity index (χ2n) is 4.75. The molecule has 1 saturated heterocycles. The standard InChI is InChI=1S/C13H14N2O2S2/c1-9-13(18-10-6-7-19(16,17)8-10)15-12-5-3-2-4-11(12)14-9/h2-5,10H,6-8H2,1H3. The molecule has 6 heteroatoms. The average molecular weight is 294 g/mol. The molecular weight excluding hydrogens is 280 g/mol. The van der Waals surface area contributed by atoms with Gasteiger partial charge in [-0.15, -0.1) is 11.8 Å². The molecule has 2 heterocycles. The Morgan fingerprint density at radius 2 is 1.89 bits per heavy atom. The van der Waals surface area contributed by atoms with Gasteiger partial charge in [-0.25, -0.2) is 18.4 Å². The topological polar surface area (TPSA) is 59.9 Å². The number of rotatable bonds is 2. The first-order valence-electron chi connectivity index (χ1n) is 6.14. The molecule has 0 radical (unpaired) electrons. The Balaban J connectivity index is 1.91. The Morgan fingerprint density at radius 3 is 2.53 bits per heavy atom. The Morgan fingerprint density at radius 1 is 1.21 bits per heavy atom. The van der Waals surface area contributed by atoms with Gasteiger partial charge in [0, 0.05) is 5.25 Å². The molecule has 0 spiro atoms. The molecule has 19 heavy (non-hydrogen) atoms. The van der Waals surface area contributed by atoms with Crippen LogP contribution >= 0.6 is 11.8 Å². The van der Waals surface area contributed by atoms with Crippen LogP contribution in [0, 0.1) is 6.92 Å². The van der Waals surface area contributed by atoms with Crippen molar-refractivity contribution in [2.24, 2.45) is 0 Å². The van der Waals surface area contributed by atoms with Gasteiger partial charge in [-0.05, 0) is 25.5 Å². The van der Waals surface area contributed by atoms with Crippen molar-refractivity contribution in [3.8, 4) is 0 Å². The summed E-state index contributed by atoms with van der Waals surface area (Å²) in [5.74, 6) is 0.552. The van der Waals surface area contributed by atoms with E-state index in [2.05, 4.69) is 9.97 Å². The zero-order valence-electron chi connectivity index (χ0n) is 10.5. The van der Waals surface area contributed by atoms with Crippen LogP contribution in [0.4, 0.5) is 0 Å². The van der Waals surface area contributed by atoms with Gasteiger partial charge in [-0.2, -0.15) is 0 Å². The lowest BCUT2D eigenvalue weighted by Gasteiger charge is -2.09. The summed E-state index contributed by atoms with van der Waals surface area (Å²) in [6, 6.07) is 7.73. The summed E-state index contributed by atoms with van der Waals surface area (Å²) >= 11 is 1.54. The van der Waals surface area contributed by atoms with E-state index < -0.39 is 9.84 Å². The fraction of sp³-hybridized carbons (Fsp3) is 0.385. The molecule has 1 atom stereocenters. The second-order valence-corrected chi connectivity index (χ2v) is 8.26. The van der Waals surface area contributed by atoms with Crippen LogP contribution < -0.4 is 0 Å². The summed E-state index contributed by atoms with van der Waals surface area (Å²) in [5, 5.41) is 0.958. The van der Waals surface area contributed by atoms with E-state index in [1.165, 1.54) is 0 Å². The van der Waals surface area contributed by atoms with E-state index in [1.807, 2.05) is 31.2 Å². The maximum atomic E-state index is 11.5. The molecule has 0 saturated carbocycles. The van der Waals surface area contributed by atoms with Crippen molar-refractivity contribution in [2.75, 3.05) is 11.5 Å². The normalized spacial score (nSPS) is 21.8. The molecular formula is C13H14N2O2S2. The van der Waals surface area contributed by atoms with Gasteiger partial charge < -0.3 is 0 Å². The molecule has 1 fully saturated rings. The highest BCUT2D eigenvalue weighted by Gasteiger charge is 2.29. The first-order chi connectivity index (χ1) is 9.03. The molecule has 1 aromatic carbocycles. The number of hydrogen-bond donors (Lipinski definition) is 0. The lowest BCUT2D eigenvalue weighted by molar-refractivity contribution is 0.602. The third-order valence-electron chi connectivity index (χ3n) is 3.17. The molecule has 1 aliphatic rings. The number of aryl methyl sites for hydroxylation is 1. The fourth-order valence-corrected chi connectivity index (χ4v) is 5.70. The Kier molecular flexibility index (Phi) is 3.22. The first-order valence-corrected chi connectivity index (χ1v) is 8.84. The van der Waals surface area contributed by atoms with Gasteiger partial charge in [0.1, 0.15) is 5.03 Å². The van der Waals surface area contributed by atoms with Crippen LogP contribution in [-0.4, -0.2) is 35.1 Å². The van der Waals surface area contributed by atoms with Crippen molar-refractivity contribution >= 4 is 32.6 Å². The Labute approximate surface area is 116 Å². The third-order valence-corrected chi connectivity index (χ3v) is 6.49. The largest absolute Gasteiger partial charge is 0.249 e. The van der Waals surface area contributed by atoms with Gasteiger partial charge in [0.05, 0.1) is 28.2 Å². The Bertz CT molecular complexity index is 729. The number of sulfone groups is 1. The highest BCUT2D eigenvalue weighted by Crippen LogP contribution is 2.31. The van der Waals surface area contributed by atoms with E-state index in [0.29, 0.717) is 12.2 Å². The fourth-order valence-electron chi connectivity index (χ4n) is 2.20. The maximum absolute atomic E-state index is 11.5. The number of fused-ring (bicyclic) bond motifs is 1. The average Bonchev–Trinajstić information content (AvgIpc) is 2.70. The minimum absolute atomic E-state index is 0.110. The van der Waals surface area contributed by atoms with Crippen LogP contribution in [0.3, 0.4) is 0 Å². The third kappa shape index (κ3) is 2.74. The molecule has 1 unspecified atom stereocenters. The number of nitrogens with zero attached hydrogens (tertiary/aromatic N) is 2. The summed E-state index contributed by atoms with van der Waals surface area (Å²) in [6.07, 6.45) is 0.709. The molecule has 3 rings (SSSR count). The van der Waals surface area contributed by atoms with Gasteiger partial charge in [0.15, 0.2) is 9.84 Å². The molecule has 2 aromatic rings. The summed E-state index contributed by atoms with van der Waals surface area (Å²) in [7, 11) is -2.84. The van der Waals surface area contributed by atoms with Crippen molar-refractivity contribution < 1.29 is 8.42 Å². The zero-order valence-corrected chi connectivity index (χ0v) is 12.2. The molecule has 0 amide bonds. The van der Waals surface area contributed by atoms with E-state index in [1.54, 1.807) is 11.8 Å². The van der Waals surface area contributed by atoms with Crippen LogP contribution in [0.2, 0.25) is 0 Å². The first kappa shape index (κ1) is 12.9. The molecule has 100 valence electrons. The molecule has 1 aliphatic heterocycles. The molecule has 0 aliphatic carbocycles. The number of aromatic nitrogens is 2. The lowest BCUT2D eigenvalue weighted by atomic mass is 10.3. The van der Waals surface area contributed by atoms with Gasteiger partial charge >= 0.3 is 0 Å². The van der Waals surface area contributed by atoms with Crippen LogP contribution in [0.15, 0.2) is 29.3 Å². The van der Waals surface area contributed by atoms with Crippen LogP contribution in [0.5, 0.6) is 0 Å². The molecule has 0 bridgehead atoms. The highest BCUT2D eigenvalue weighted by atomic mass is 32.2.